The number of alkyl halides is 3. The van der Waals surface area contributed by atoms with Gasteiger partial charge in [0.25, 0.3) is 5.91 Å². The molecule has 5 nitrogen and oxygen atoms in total. The van der Waals surface area contributed by atoms with E-state index in [4.69, 9.17) is 28.6 Å². The van der Waals surface area contributed by atoms with E-state index >= 15 is 0 Å². The predicted molar refractivity (Wildman–Crippen MR) is 123 cm³/mol. The lowest BCUT2D eigenvalue weighted by Gasteiger charge is -2.15. The van der Waals surface area contributed by atoms with Crippen LogP contribution in [0.2, 0.25) is 5.02 Å². The number of carbonyl (C=O) groups is 2. The van der Waals surface area contributed by atoms with Gasteiger partial charge in [-0.3, -0.25) is 14.5 Å². The zero-order chi connectivity index (χ0) is 23.5. The Morgan fingerprint density at radius 3 is 2.69 bits per heavy atom. The van der Waals surface area contributed by atoms with Crippen molar-refractivity contribution < 1.29 is 27.5 Å². The molecule has 3 rings (SSSR count). The van der Waals surface area contributed by atoms with E-state index in [2.05, 4.69) is 5.32 Å². The molecule has 2 amide bonds. The minimum absolute atomic E-state index is 0.0144. The van der Waals surface area contributed by atoms with E-state index in [1.807, 2.05) is 0 Å². The molecule has 0 saturated carbocycles. The second kappa shape index (κ2) is 9.93. The monoisotopic (exact) mass is 500 g/mol. The maximum absolute atomic E-state index is 13.0. The Morgan fingerprint density at radius 2 is 2.00 bits per heavy atom. The number of nitrogens with zero attached hydrogens (tertiary/aromatic N) is 1. The second-order valence-corrected chi connectivity index (χ2v) is 8.65. The smallest absolute Gasteiger partial charge is 0.417 e. The van der Waals surface area contributed by atoms with E-state index in [0.717, 1.165) is 23.9 Å². The molecule has 1 aliphatic rings. The van der Waals surface area contributed by atoms with Crippen LogP contribution in [0, 0.1) is 0 Å². The van der Waals surface area contributed by atoms with Gasteiger partial charge in [0.15, 0.2) is 0 Å². The average Bonchev–Trinajstić information content (AvgIpc) is 3.00. The van der Waals surface area contributed by atoms with Crippen LogP contribution >= 0.6 is 35.6 Å². The van der Waals surface area contributed by atoms with Gasteiger partial charge in [0, 0.05) is 24.2 Å². The van der Waals surface area contributed by atoms with Crippen LogP contribution in [0.4, 0.5) is 18.9 Å². The molecule has 1 fully saturated rings. The molecule has 0 radical (unpaired) electrons. The standard InChI is InChI=1S/C21H16ClF3N2O3S2/c1-30-16-5-3-2-4-12(16)10-17-19(29)27(20(31)32-17)9-8-18(28)26-13-6-7-15(22)14(11-13)21(23,24)25/h2-7,10-11H,8-9H2,1H3,(H,26,28)/b17-10-. The highest BCUT2D eigenvalue weighted by Gasteiger charge is 2.34. The fourth-order valence-corrected chi connectivity index (χ4v) is 4.40. The number of ether oxygens (including phenoxy) is 1. The Morgan fingerprint density at radius 1 is 1.28 bits per heavy atom. The maximum Gasteiger partial charge on any atom is 0.417 e. The number of hydrogen-bond donors (Lipinski definition) is 1. The lowest BCUT2D eigenvalue weighted by Crippen LogP contribution is -2.31. The summed E-state index contributed by atoms with van der Waals surface area (Å²) in [4.78, 5) is 26.6. The first-order valence-corrected chi connectivity index (χ1v) is 10.8. The van der Waals surface area contributed by atoms with Crippen LogP contribution in [0.1, 0.15) is 17.5 Å². The van der Waals surface area contributed by atoms with Crippen LogP contribution in [0.25, 0.3) is 6.08 Å². The second-order valence-electron chi connectivity index (χ2n) is 6.57. The Bertz CT molecular complexity index is 1110. The third-order valence-electron chi connectivity index (χ3n) is 4.42. The number of benzene rings is 2. The minimum Gasteiger partial charge on any atom is -0.496 e. The summed E-state index contributed by atoms with van der Waals surface area (Å²) in [7, 11) is 1.52. The summed E-state index contributed by atoms with van der Waals surface area (Å²) < 4.78 is 44.5. The number of carbonyl (C=O) groups excluding carboxylic acids is 2. The summed E-state index contributed by atoms with van der Waals surface area (Å²) in [6.07, 6.45) is -3.14. The average molecular weight is 501 g/mol. The normalized spacial score (nSPS) is 15.4. The largest absolute Gasteiger partial charge is 0.496 e. The van der Waals surface area contributed by atoms with Crippen LogP contribution in [-0.4, -0.2) is 34.7 Å². The van der Waals surface area contributed by atoms with Crippen molar-refractivity contribution in [3.05, 3.63) is 63.5 Å². The highest BCUT2D eigenvalue weighted by Crippen LogP contribution is 2.36. The number of amides is 2. The number of thiocarbonyl (C=S) groups is 1. The summed E-state index contributed by atoms with van der Waals surface area (Å²) in [6.45, 7) is -0.0144. The van der Waals surface area contributed by atoms with Gasteiger partial charge in [0.05, 0.1) is 22.6 Å². The van der Waals surface area contributed by atoms with Gasteiger partial charge in [-0.2, -0.15) is 13.2 Å². The third kappa shape index (κ3) is 5.62. The number of thioether (sulfide) groups is 1. The van der Waals surface area contributed by atoms with Crippen LogP contribution in [0.15, 0.2) is 47.4 Å². The maximum atomic E-state index is 13.0. The number of para-hydroxylation sites is 1. The molecule has 0 unspecified atom stereocenters. The molecule has 11 heteroatoms. The molecule has 0 aromatic heterocycles. The number of nitrogens with one attached hydrogen (secondary N) is 1. The van der Waals surface area contributed by atoms with Crippen molar-refractivity contribution in [1.29, 1.82) is 0 Å². The summed E-state index contributed by atoms with van der Waals surface area (Å²) in [5, 5.41) is 1.92. The van der Waals surface area contributed by atoms with Gasteiger partial charge in [-0.25, -0.2) is 0 Å². The Hall–Kier alpha value is -2.56. The summed E-state index contributed by atoms with van der Waals surface area (Å²) in [6, 6.07) is 10.3. The van der Waals surface area contributed by atoms with Crippen molar-refractivity contribution in [2.45, 2.75) is 12.6 Å². The van der Waals surface area contributed by atoms with Crippen molar-refractivity contribution in [3.8, 4) is 5.75 Å². The van der Waals surface area contributed by atoms with Crippen molar-refractivity contribution in [3.63, 3.8) is 0 Å². The van der Waals surface area contributed by atoms with E-state index < -0.39 is 22.7 Å². The molecule has 32 heavy (non-hydrogen) atoms. The van der Waals surface area contributed by atoms with E-state index in [1.165, 1.54) is 18.1 Å². The summed E-state index contributed by atoms with van der Waals surface area (Å²) >= 11 is 11.9. The lowest BCUT2D eigenvalue weighted by atomic mass is 10.2. The van der Waals surface area contributed by atoms with Crippen LogP contribution in [-0.2, 0) is 15.8 Å². The molecule has 1 heterocycles. The molecule has 0 atom stereocenters. The number of halogens is 4. The highest BCUT2D eigenvalue weighted by molar-refractivity contribution is 8.26. The molecule has 2 aromatic carbocycles. The molecular formula is C21H16ClF3N2O3S2. The van der Waals surface area contributed by atoms with Gasteiger partial charge in [0.2, 0.25) is 5.91 Å². The molecule has 1 N–H and O–H groups in total. The quantitative estimate of drug-likeness (QED) is 0.413. The molecule has 1 saturated heterocycles. The Labute approximate surface area is 196 Å². The van der Waals surface area contributed by atoms with E-state index in [-0.39, 0.29) is 28.9 Å². The van der Waals surface area contributed by atoms with Gasteiger partial charge in [0.1, 0.15) is 10.1 Å². The topological polar surface area (TPSA) is 58.6 Å². The van der Waals surface area contributed by atoms with E-state index in [9.17, 15) is 22.8 Å². The van der Waals surface area contributed by atoms with E-state index in [1.54, 1.807) is 30.3 Å². The van der Waals surface area contributed by atoms with Gasteiger partial charge in [-0.1, -0.05) is 53.8 Å². The number of anilines is 1. The molecule has 0 aliphatic carbocycles. The van der Waals surface area contributed by atoms with Gasteiger partial charge in [-0.15, -0.1) is 0 Å². The summed E-state index contributed by atoms with van der Waals surface area (Å²) in [5.74, 6) is -0.328. The predicted octanol–water partition coefficient (Wildman–Crippen LogP) is 5.60. The fourth-order valence-electron chi connectivity index (χ4n) is 2.88. The van der Waals surface area contributed by atoms with Gasteiger partial charge >= 0.3 is 6.18 Å². The number of rotatable bonds is 6. The zero-order valence-corrected chi connectivity index (χ0v) is 18.9. The molecular weight excluding hydrogens is 485 g/mol. The number of hydrogen-bond acceptors (Lipinski definition) is 5. The highest BCUT2D eigenvalue weighted by atomic mass is 35.5. The van der Waals surface area contributed by atoms with Crippen molar-refractivity contribution in [2.24, 2.45) is 0 Å². The van der Waals surface area contributed by atoms with E-state index in [0.29, 0.717) is 16.2 Å². The first-order valence-electron chi connectivity index (χ1n) is 9.15. The molecule has 2 aromatic rings. The summed E-state index contributed by atoms with van der Waals surface area (Å²) in [5.41, 5.74) is -0.389. The lowest BCUT2D eigenvalue weighted by molar-refractivity contribution is -0.137. The van der Waals surface area contributed by atoms with Gasteiger partial charge < -0.3 is 10.1 Å². The third-order valence-corrected chi connectivity index (χ3v) is 6.12. The first kappa shape index (κ1) is 24.1. The van der Waals surface area contributed by atoms with Crippen LogP contribution < -0.4 is 10.1 Å². The van der Waals surface area contributed by atoms with Crippen molar-refractivity contribution >= 4 is 63.5 Å². The SMILES string of the molecule is COc1ccccc1/C=C1\SC(=S)N(CCC(=O)Nc2ccc(Cl)c(C(F)(F)F)c2)C1=O. The van der Waals surface area contributed by atoms with Crippen LogP contribution in [0.5, 0.6) is 5.75 Å². The first-order chi connectivity index (χ1) is 15.1. The van der Waals surface area contributed by atoms with Crippen molar-refractivity contribution in [1.82, 2.24) is 4.90 Å². The Balaban J connectivity index is 1.65. The molecule has 168 valence electrons. The number of methoxy groups -OCH3 is 1. The van der Waals surface area contributed by atoms with Crippen LogP contribution in [0.3, 0.4) is 0 Å². The zero-order valence-electron chi connectivity index (χ0n) is 16.5. The molecule has 0 spiro atoms. The van der Waals surface area contributed by atoms with Gasteiger partial charge in [-0.05, 0) is 30.3 Å². The fraction of sp³-hybridized carbons (Fsp3) is 0.190. The molecule has 0 bridgehead atoms. The van der Waals surface area contributed by atoms with Crippen molar-refractivity contribution in [2.75, 3.05) is 19.0 Å². The minimum atomic E-state index is -4.65. The Kier molecular flexibility index (Phi) is 7.47. The molecule has 1 aliphatic heterocycles.